The quantitative estimate of drug-likeness (QED) is 0.772. The molecule has 2 heterocycles. The normalized spacial score (nSPS) is 13.0. The average molecular weight is 295 g/mol. The van der Waals surface area contributed by atoms with Crippen molar-refractivity contribution in [3.8, 4) is 17.2 Å². The monoisotopic (exact) mass is 295 g/mol. The van der Waals surface area contributed by atoms with Crippen molar-refractivity contribution >= 4 is 16.9 Å². The molecule has 1 N–H and O–H groups in total. The molecule has 0 fully saturated rings. The Labute approximate surface area is 128 Å². The molecule has 0 amide bonds. The third-order valence-electron chi connectivity index (χ3n) is 3.95. The maximum absolute atomic E-state index is 6.03. The molecule has 3 aromatic rings. The summed E-state index contributed by atoms with van der Waals surface area (Å²) in [4.78, 5) is 0. The van der Waals surface area contributed by atoms with Gasteiger partial charge in [0.15, 0.2) is 5.88 Å². The Morgan fingerprint density at radius 2 is 2.05 bits per heavy atom. The number of aryl methyl sites for hydroxylation is 1. The van der Waals surface area contributed by atoms with Gasteiger partial charge in [0.1, 0.15) is 22.8 Å². The first kappa shape index (κ1) is 13.1. The standard InChI is InChI=1S/C18H17NO3/c1-11-7-13-5-6-20-16(13)10-15(11)21-14-4-3-12-8-18(19-2)22-17(12)9-14/h3-4,7-10,19H,5-6H2,1-2H3. The van der Waals surface area contributed by atoms with Gasteiger partial charge in [-0.1, -0.05) is 0 Å². The smallest absolute Gasteiger partial charge is 0.193 e. The van der Waals surface area contributed by atoms with E-state index < -0.39 is 0 Å². The molecule has 1 aliphatic rings. The Morgan fingerprint density at radius 3 is 2.91 bits per heavy atom. The van der Waals surface area contributed by atoms with Gasteiger partial charge in [-0.25, -0.2) is 0 Å². The van der Waals surface area contributed by atoms with Gasteiger partial charge in [0, 0.05) is 37.1 Å². The Hall–Kier alpha value is -2.62. The molecule has 0 saturated heterocycles. The Kier molecular flexibility index (Phi) is 2.96. The first-order valence-electron chi connectivity index (χ1n) is 7.38. The third kappa shape index (κ3) is 2.17. The molecule has 0 spiro atoms. The predicted octanol–water partition coefficient (Wildman–Crippen LogP) is 4.51. The van der Waals surface area contributed by atoms with Crippen LogP contribution >= 0.6 is 0 Å². The van der Waals surface area contributed by atoms with E-state index in [1.54, 1.807) is 0 Å². The van der Waals surface area contributed by atoms with E-state index in [1.807, 2.05) is 37.4 Å². The van der Waals surface area contributed by atoms with Gasteiger partial charge in [-0.3, -0.25) is 0 Å². The Bertz CT molecular complexity index is 851. The van der Waals surface area contributed by atoms with Crippen molar-refractivity contribution < 1.29 is 13.9 Å². The highest BCUT2D eigenvalue weighted by atomic mass is 16.5. The summed E-state index contributed by atoms with van der Waals surface area (Å²) < 4.78 is 17.3. The first-order chi connectivity index (χ1) is 10.7. The fourth-order valence-electron chi connectivity index (χ4n) is 2.76. The fourth-order valence-corrected chi connectivity index (χ4v) is 2.76. The van der Waals surface area contributed by atoms with E-state index in [9.17, 15) is 0 Å². The van der Waals surface area contributed by atoms with E-state index in [2.05, 4.69) is 18.3 Å². The molecule has 4 nitrogen and oxygen atoms in total. The largest absolute Gasteiger partial charge is 0.493 e. The van der Waals surface area contributed by atoms with Gasteiger partial charge >= 0.3 is 0 Å². The first-order valence-corrected chi connectivity index (χ1v) is 7.38. The maximum Gasteiger partial charge on any atom is 0.193 e. The topological polar surface area (TPSA) is 43.6 Å². The van der Waals surface area contributed by atoms with Crippen LogP contribution in [0.1, 0.15) is 11.1 Å². The Balaban J connectivity index is 1.68. The number of furan rings is 1. The number of benzene rings is 2. The highest BCUT2D eigenvalue weighted by molar-refractivity contribution is 5.82. The van der Waals surface area contributed by atoms with E-state index in [4.69, 9.17) is 13.9 Å². The van der Waals surface area contributed by atoms with E-state index in [-0.39, 0.29) is 0 Å². The number of hydrogen-bond donors (Lipinski definition) is 1. The van der Waals surface area contributed by atoms with Crippen LogP contribution in [0.25, 0.3) is 11.0 Å². The van der Waals surface area contributed by atoms with E-state index in [1.165, 1.54) is 5.56 Å². The maximum atomic E-state index is 6.03. The molecule has 1 aliphatic heterocycles. The van der Waals surface area contributed by atoms with Crippen molar-refractivity contribution in [2.75, 3.05) is 19.0 Å². The van der Waals surface area contributed by atoms with Crippen molar-refractivity contribution in [2.45, 2.75) is 13.3 Å². The lowest BCUT2D eigenvalue weighted by molar-refractivity contribution is 0.355. The lowest BCUT2D eigenvalue weighted by atomic mass is 10.1. The second kappa shape index (κ2) is 4.98. The van der Waals surface area contributed by atoms with Gasteiger partial charge in [-0.15, -0.1) is 0 Å². The van der Waals surface area contributed by atoms with E-state index >= 15 is 0 Å². The van der Waals surface area contributed by atoms with Crippen molar-refractivity contribution in [3.63, 3.8) is 0 Å². The molecule has 4 heteroatoms. The zero-order valence-electron chi connectivity index (χ0n) is 12.6. The summed E-state index contributed by atoms with van der Waals surface area (Å²) in [6.45, 7) is 2.81. The van der Waals surface area contributed by atoms with Gasteiger partial charge in [0.25, 0.3) is 0 Å². The summed E-state index contributed by atoms with van der Waals surface area (Å²) >= 11 is 0. The van der Waals surface area contributed by atoms with Crippen molar-refractivity contribution in [1.29, 1.82) is 0 Å². The number of nitrogens with one attached hydrogen (secondary N) is 1. The van der Waals surface area contributed by atoms with Crippen molar-refractivity contribution in [2.24, 2.45) is 0 Å². The molecule has 4 rings (SSSR count). The highest BCUT2D eigenvalue weighted by Crippen LogP contribution is 2.36. The third-order valence-corrected chi connectivity index (χ3v) is 3.95. The summed E-state index contributed by atoms with van der Waals surface area (Å²) in [5.74, 6) is 3.25. The second-order valence-electron chi connectivity index (χ2n) is 5.49. The van der Waals surface area contributed by atoms with Crippen LogP contribution in [0.3, 0.4) is 0 Å². The molecule has 0 atom stereocenters. The van der Waals surface area contributed by atoms with Crippen LogP contribution in [-0.2, 0) is 6.42 Å². The lowest BCUT2D eigenvalue weighted by Crippen LogP contribution is -1.89. The molecule has 2 aromatic carbocycles. The van der Waals surface area contributed by atoms with Gasteiger partial charge in [-0.2, -0.15) is 0 Å². The highest BCUT2D eigenvalue weighted by Gasteiger charge is 2.15. The molecule has 0 bridgehead atoms. The number of hydrogen-bond acceptors (Lipinski definition) is 4. The van der Waals surface area contributed by atoms with Crippen LogP contribution < -0.4 is 14.8 Å². The molecule has 0 aliphatic carbocycles. The average Bonchev–Trinajstić information content (AvgIpc) is 3.12. The van der Waals surface area contributed by atoms with Gasteiger partial charge in [0.2, 0.25) is 0 Å². The number of fused-ring (bicyclic) bond motifs is 2. The molecule has 1 aromatic heterocycles. The van der Waals surface area contributed by atoms with Crippen LogP contribution in [0.15, 0.2) is 40.8 Å². The zero-order chi connectivity index (χ0) is 15.1. The molecule has 112 valence electrons. The van der Waals surface area contributed by atoms with Crippen LogP contribution in [0.5, 0.6) is 17.2 Å². The number of rotatable bonds is 3. The van der Waals surface area contributed by atoms with E-state index in [0.717, 1.165) is 52.7 Å². The van der Waals surface area contributed by atoms with Crippen LogP contribution in [0, 0.1) is 6.92 Å². The van der Waals surface area contributed by atoms with Crippen molar-refractivity contribution in [1.82, 2.24) is 0 Å². The van der Waals surface area contributed by atoms with Crippen LogP contribution in [0.2, 0.25) is 0 Å². The summed E-state index contributed by atoms with van der Waals surface area (Å²) in [7, 11) is 1.84. The number of ether oxygens (including phenoxy) is 2. The molecule has 0 radical (unpaired) electrons. The SMILES string of the molecule is CNc1cc2ccc(Oc3cc4c(cc3C)CCO4)cc2o1. The van der Waals surface area contributed by atoms with Crippen molar-refractivity contribution in [3.05, 3.63) is 47.5 Å². The minimum atomic E-state index is 0.745. The Morgan fingerprint density at radius 1 is 1.14 bits per heavy atom. The zero-order valence-corrected chi connectivity index (χ0v) is 12.6. The lowest BCUT2D eigenvalue weighted by Gasteiger charge is -2.10. The fraction of sp³-hybridized carbons (Fsp3) is 0.222. The minimum absolute atomic E-state index is 0.745. The van der Waals surface area contributed by atoms with E-state index in [0.29, 0.717) is 0 Å². The van der Waals surface area contributed by atoms with Crippen LogP contribution in [0.4, 0.5) is 5.88 Å². The predicted molar refractivity (Wildman–Crippen MR) is 86.2 cm³/mol. The second-order valence-corrected chi connectivity index (χ2v) is 5.49. The molecular formula is C18H17NO3. The molecule has 0 saturated carbocycles. The molecule has 22 heavy (non-hydrogen) atoms. The molecular weight excluding hydrogens is 278 g/mol. The summed E-state index contributed by atoms with van der Waals surface area (Å²) in [5, 5.41) is 4.05. The van der Waals surface area contributed by atoms with Gasteiger partial charge in [-0.05, 0) is 36.2 Å². The number of anilines is 1. The van der Waals surface area contributed by atoms with Gasteiger partial charge < -0.3 is 19.2 Å². The summed E-state index contributed by atoms with van der Waals surface area (Å²) in [6.07, 6.45) is 0.974. The minimum Gasteiger partial charge on any atom is -0.493 e. The molecule has 0 unspecified atom stereocenters. The van der Waals surface area contributed by atoms with Gasteiger partial charge in [0.05, 0.1) is 6.61 Å². The summed E-state index contributed by atoms with van der Waals surface area (Å²) in [6, 6.07) is 11.9. The van der Waals surface area contributed by atoms with Crippen LogP contribution in [-0.4, -0.2) is 13.7 Å². The summed E-state index contributed by atoms with van der Waals surface area (Å²) in [5.41, 5.74) is 3.17.